The van der Waals surface area contributed by atoms with Gasteiger partial charge in [-0.2, -0.15) is 0 Å². The predicted octanol–water partition coefficient (Wildman–Crippen LogP) is 2.59. The Morgan fingerprint density at radius 2 is 1.81 bits per heavy atom. The van der Waals surface area contributed by atoms with Gasteiger partial charge in [-0.15, -0.1) is 0 Å². The van der Waals surface area contributed by atoms with E-state index in [1.807, 2.05) is 0 Å². The van der Waals surface area contributed by atoms with Gasteiger partial charge in [0.25, 0.3) is 0 Å². The van der Waals surface area contributed by atoms with Gasteiger partial charge in [0.05, 0.1) is 5.92 Å². The lowest BCUT2D eigenvalue weighted by Gasteiger charge is -2.22. The first-order valence-electron chi connectivity index (χ1n) is 8.36. The van der Waals surface area contributed by atoms with Crippen molar-refractivity contribution in [3.63, 3.8) is 0 Å². The van der Waals surface area contributed by atoms with Crippen LogP contribution in [0.3, 0.4) is 0 Å². The number of ether oxygens (including phenoxy) is 2. The lowest BCUT2D eigenvalue weighted by Crippen LogP contribution is -2.28. The molecule has 1 atom stereocenters. The number of rotatable bonds is 3. The van der Waals surface area contributed by atoms with Crippen molar-refractivity contribution in [2.24, 2.45) is 5.92 Å². The average Bonchev–Trinajstić information content (AvgIpc) is 3.05. The number of fused-ring (bicyclic) bond motifs is 1. The van der Waals surface area contributed by atoms with Crippen molar-refractivity contribution in [1.29, 1.82) is 0 Å². The third-order valence-corrected chi connectivity index (χ3v) is 4.45. The van der Waals surface area contributed by atoms with Crippen molar-refractivity contribution in [3.8, 4) is 11.5 Å². The summed E-state index contributed by atoms with van der Waals surface area (Å²) in [6, 6.07) is 10.8. The average molecular weight is 356 g/mol. The highest BCUT2D eigenvalue weighted by Crippen LogP contribution is 2.36. The fourth-order valence-corrected chi connectivity index (χ4v) is 3.11. The van der Waals surface area contributed by atoms with Gasteiger partial charge in [-0.05, 0) is 36.4 Å². The normalized spacial score (nSPS) is 18.7. The fraction of sp³-hybridized carbons (Fsp3) is 0.263. The molecular formula is C19H17FN2O4. The highest BCUT2D eigenvalue weighted by Gasteiger charge is 2.35. The Balaban J connectivity index is 1.46. The van der Waals surface area contributed by atoms with E-state index >= 15 is 0 Å². The molecule has 0 aromatic heterocycles. The number of amides is 2. The highest BCUT2D eigenvalue weighted by molar-refractivity contribution is 6.03. The van der Waals surface area contributed by atoms with Crippen LogP contribution in [-0.2, 0) is 9.59 Å². The van der Waals surface area contributed by atoms with Gasteiger partial charge in [-0.1, -0.05) is 0 Å². The number of carbonyl (C=O) groups is 2. The van der Waals surface area contributed by atoms with E-state index in [-0.39, 0.29) is 30.6 Å². The Bertz CT molecular complexity index is 853. The Morgan fingerprint density at radius 3 is 2.58 bits per heavy atom. The fourth-order valence-electron chi connectivity index (χ4n) is 3.11. The number of anilines is 2. The van der Waals surface area contributed by atoms with Crippen LogP contribution in [0, 0.1) is 11.7 Å². The monoisotopic (exact) mass is 356 g/mol. The zero-order valence-corrected chi connectivity index (χ0v) is 13.9. The van der Waals surface area contributed by atoms with E-state index in [1.165, 1.54) is 24.3 Å². The molecule has 0 saturated carbocycles. The number of carbonyl (C=O) groups excluding carboxylic acids is 2. The number of nitrogens with zero attached hydrogens (tertiary/aromatic N) is 1. The molecule has 0 radical (unpaired) electrons. The molecule has 4 rings (SSSR count). The Kier molecular flexibility index (Phi) is 4.20. The molecule has 0 aliphatic carbocycles. The van der Waals surface area contributed by atoms with Gasteiger partial charge in [0, 0.05) is 30.4 Å². The zero-order valence-electron chi connectivity index (χ0n) is 13.9. The second-order valence-corrected chi connectivity index (χ2v) is 6.23. The van der Waals surface area contributed by atoms with Gasteiger partial charge >= 0.3 is 0 Å². The molecule has 1 fully saturated rings. The number of benzene rings is 2. The molecule has 0 bridgehead atoms. The minimum Gasteiger partial charge on any atom is -0.486 e. The van der Waals surface area contributed by atoms with E-state index in [4.69, 9.17) is 9.47 Å². The summed E-state index contributed by atoms with van der Waals surface area (Å²) in [6.45, 7) is 1.25. The third kappa shape index (κ3) is 3.20. The minimum atomic E-state index is -0.472. The molecule has 2 amide bonds. The molecule has 2 aromatic rings. The van der Waals surface area contributed by atoms with E-state index in [1.54, 1.807) is 23.1 Å². The lowest BCUT2D eigenvalue weighted by atomic mass is 10.1. The number of halogens is 1. The van der Waals surface area contributed by atoms with Gasteiger partial charge in [0.15, 0.2) is 11.5 Å². The number of hydrogen-bond acceptors (Lipinski definition) is 4. The van der Waals surface area contributed by atoms with Crippen LogP contribution < -0.4 is 19.7 Å². The van der Waals surface area contributed by atoms with Crippen LogP contribution in [0.15, 0.2) is 42.5 Å². The van der Waals surface area contributed by atoms with Gasteiger partial charge in [0.2, 0.25) is 11.8 Å². The summed E-state index contributed by atoms with van der Waals surface area (Å²) in [5.74, 6) is 0.0218. The quantitative estimate of drug-likeness (QED) is 0.918. The molecule has 26 heavy (non-hydrogen) atoms. The highest BCUT2D eigenvalue weighted by atomic mass is 19.1. The van der Waals surface area contributed by atoms with Crippen molar-refractivity contribution >= 4 is 23.2 Å². The van der Waals surface area contributed by atoms with Crippen LogP contribution in [0.4, 0.5) is 15.8 Å². The molecular weight excluding hydrogens is 339 g/mol. The molecule has 1 N–H and O–H groups in total. The zero-order chi connectivity index (χ0) is 18.1. The maximum absolute atomic E-state index is 13.0. The van der Waals surface area contributed by atoms with Gasteiger partial charge < -0.3 is 19.7 Å². The lowest BCUT2D eigenvalue weighted by molar-refractivity contribution is -0.122. The van der Waals surface area contributed by atoms with Crippen LogP contribution in [0.1, 0.15) is 6.42 Å². The maximum atomic E-state index is 13.0. The summed E-state index contributed by atoms with van der Waals surface area (Å²) < 4.78 is 24.0. The van der Waals surface area contributed by atoms with E-state index in [9.17, 15) is 14.0 Å². The van der Waals surface area contributed by atoms with E-state index < -0.39 is 5.92 Å². The van der Waals surface area contributed by atoms with Crippen LogP contribution in [0.5, 0.6) is 11.5 Å². The molecule has 0 spiro atoms. The minimum absolute atomic E-state index is 0.124. The molecule has 2 aliphatic rings. The van der Waals surface area contributed by atoms with Gasteiger partial charge in [-0.3, -0.25) is 9.59 Å². The van der Waals surface area contributed by atoms with E-state index in [2.05, 4.69) is 5.32 Å². The van der Waals surface area contributed by atoms with Crippen molar-refractivity contribution in [2.45, 2.75) is 6.42 Å². The first kappa shape index (κ1) is 16.4. The largest absolute Gasteiger partial charge is 0.486 e. The van der Waals surface area contributed by atoms with Gasteiger partial charge in [0.1, 0.15) is 19.0 Å². The Labute approximate surface area is 149 Å². The third-order valence-electron chi connectivity index (χ3n) is 4.45. The topological polar surface area (TPSA) is 67.9 Å². The molecule has 2 aromatic carbocycles. The summed E-state index contributed by atoms with van der Waals surface area (Å²) in [7, 11) is 0. The van der Waals surface area contributed by atoms with E-state index in [0.717, 1.165) is 0 Å². The summed E-state index contributed by atoms with van der Waals surface area (Å²) in [4.78, 5) is 26.4. The molecule has 0 unspecified atom stereocenters. The predicted molar refractivity (Wildman–Crippen MR) is 92.9 cm³/mol. The molecule has 1 saturated heterocycles. The molecule has 6 nitrogen and oxygen atoms in total. The van der Waals surface area contributed by atoms with Gasteiger partial charge in [-0.25, -0.2) is 4.39 Å². The molecule has 2 aliphatic heterocycles. The second-order valence-electron chi connectivity index (χ2n) is 6.23. The number of hydrogen-bond donors (Lipinski definition) is 1. The van der Waals surface area contributed by atoms with Crippen LogP contribution in [-0.4, -0.2) is 31.6 Å². The smallest absolute Gasteiger partial charge is 0.229 e. The molecule has 2 heterocycles. The SMILES string of the molecule is O=C(Nc1ccc(F)cc1)[C@@H]1CC(=O)N(c2ccc3c(c2)OCCO3)C1. The number of nitrogens with one attached hydrogen (secondary N) is 1. The van der Waals surface area contributed by atoms with Crippen molar-refractivity contribution in [2.75, 3.05) is 30.0 Å². The van der Waals surface area contributed by atoms with Crippen molar-refractivity contribution < 1.29 is 23.5 Å². The Hall–Kier alpha value is -3.09. The molecule has 134 valence electrons. The van der Waals surface area contributed by atoms with Crippen LogP contribution in [0.25, 0.3) is 0 Å². The summed E-state index contributed by atoms with van der Waals surface area (Å²) >= 11 is 0. The first-order chi connectivity index (χ1) is 12.6. The van der Waals surface area contributed by atoms with Crippen molar-refractivity contribution in [1.82, 2.24) is 0 Å². The standard InChI is InChI=1S/C19H17FN2O4/c20-13-1-3-14(4-2-13)21-19(24)12-9-18(23)22(11-12)15-5-6-16-17(10-15)26-8-7-25-16/h1-6,10,12H,7-9,11H2,(H,21,24)/t12-/m1/s1. The summed E-state index contributed by atoms with van der Waals surface area (Å²) in [5, 5.41) is 2.72. The first-order valence-corrected chi connectivity index (χ1v) is 8.36. The summed E-state index contributed by atoms with van der Waals surface area (Å²) in [6.07, 6.45) is 0.126. The van der Waals surface area contributed by atoms with E-state index in [0.29, 0.717) is 36.1 Å². The van der Waals surface area contributed by atoms with Crippen molar-refractivity contribution in [3.05, 3.63) is 48.3 Å². The van der Waals surface area contributed by atoms with Crippen LogP contribution in [0.2, 0.25) is 0 Å². The second kappa shape index (κ2) is 6.67. The molecule has 7 heteroatoms. The summed E-state index contributed by atoms with van der Waals surface area (Å²) in [5.41, 5.74) is 1.18. The maximum Gasteiger partial charge on any atom is 0.229 e. The van der Waals surface area contributed by atoms with Crippen LogP contribution >= 0.6 is 0 Å². The Morgan fingerprint density at radius 1 is 1.08 bits per heavy atom.